The zero-order valence-corrected chi connectivity index (χ0v) is 20.5. The Hall–Kier alpha value is -2.83. The van der Waals surface area contributed by atoms with Crippen molar-refractivity contribution in [2.75, 3.05) is 20.3 Å². The molecule has 4 rings (SSSR count). The minimum absolute atomic E-state index is 0.0153. The lowest BCUT2D eigenvalue weighted by Gasteiger charge is -2.21. The third kappa shape index (κ3) is 4.25. The monoisotopic (exact) mass is 468 g/mol. The first-order valence-corrected chi connectivity index (χ1v) is 11.5. The SMILES string of the molecule is COC(=O)C1=C(C)N(CC2CCCO2)C(=O)/C1=C\c1cc(C)n(-c2ccc(C)c(Cl)c2)c1C. The van der Waals surface area contributed by atoms with E-state index in [1.807, 2.05) is 45.0 Å². The Labute approximate surface area is 199 Å². The van der Waals surface area contributed by atoms with E-state index >= 15 is 0 Å². The molecule has 2 aliphatic rings. The van der Waals surface area contributed by atoms with Gasteiger partial charge in [-0.05, 0) is 75.9 Å². The summed E-state index contributed by atoms with van der Waals surface area (Å²) in [5, 5.41) is 0.696. The molecule has 1 unspecified atom stereocenters. The van der Waals surface area contributed by atoms with E-state index in [9.17, 15) is 9.59 Å². The van der Waals surface area contributed by atoms with Crippen LogP contribution in [0.4, 0.5) is 0 Å². The number of methoxy groups -OCH3 is 1. The second kappa shape index (κ2) is 9.20. The number of carbonyl (C=O) groups is 2. The van der Waals surface area contributed by atoms with Gasteiger partial charge in [0.1, 0.15) is 0 Å². The number of aryl methyl sites for hydroxylation is 2. The number of rotatable bonds is 5. The molecule has 1 saturated heterocycles. The van der Waals surface area contributed by atoms with Gasteiger partial charge in [0, 0.05) is 34.4 Å². The summed E-state index contributed by atoms with van der Waals surface area (Å²) >= 11 is 6.36. The maximum atomic E-state index is 13.4. The largest absolute Gasteiger partial charge is 0.465 e. The first-order valence-electron chi connectivity index (χ1n) is 11.1. The predicted octanol–water partition coefficient (Wildman–Crippen LogP) is 4.91. The van der Waals surface area contributed by atoms with Crippen molar-refractivity contribution in [2.24, 2.45) is 0 Å². The highest BCUT2D eigenvalue weighted by molar-refractivity contribution is 6.31. The molecule has 0 aliphatic carbocycles. The molecule has 1 atom stereocenters. The van der Waals surface area contributed by atoms with Crippen molar-refractivity contribution < 1.29 is 19.1 Å². The van der Waals surface area contributed by atoms with Crippen molar-refractivity contribution in [1.82, 2.24) is 9.47 Å². The molecule has 1 aromatic heterocycles. The summed E-state index contributed by atoms with van der Waals surface area (Å²) in [5.41, 5.74) is 6.03. The van der Waals surface area contributed by atoms with Crippen LogP contribution < -0.4 is 0 Å². The number of amides is 1. The molecule has 0 spiro atoms. The number of allylic oxidation sites excluding steroid dienone is 1. The summed E-state index contributed by atoms with van der Waals surface area (Å²) in [6, 6.07) is 7.95. The van der Waals surface area contributed by atoms with Crippen LogP contribution in [0.3, 0.4) is 0 Å². The highest BCUT2D eigenvalue weighted by Gasteiger charge is 2.38. The Kier molecular flexibility index (Phi) is 6.50. The van der Waals surface area contributed by atoms with Gasteiger partial charge in [0.2, 0.25) is 0 Å². The Bertz CT molecular complexity index is 1190. The van der Waals surface area contributed by atoms with Crippen LogP contribution in [0.5, 0.6) is 0 Å². The Balaban J connectivity index is 1.76. The first kappa shape index (κ1) is 23.3. The van der Waals surface area contributed by atoms with E-state index in [-0.39, 0.29) is 12.0 Å². The summed E-state index contributed by atoms with van der Waals surface area (Å²) in [6.45, 7) is 8.89. The minimum atomic E-state index is -0.513. The lowest BCUT2D eigenvalue weighted by molar-refractivity contribution is -0.136. The lowest BCUT2D eigenvalue weighted by Crippen LogP contribution is -2.33. The maximum Gasteiger partial charge on any atom is 0.340 e. The topological polar surface area (TPSA) is 60.8 Å². The second-order valence-electron chi connectivity index (χ2n) is 8.66. The molecule has 0 bridgehead atoms. The molecule has 3 heterocycles. The van der Waals surface area contributed by atoms with Crippen LogP contribution in [0, 0.1) is 20.8 Å². The van der Waals surface area contributed by atoms with Gasteiger partial charge in [0.25, 0.3) is 5.91 Å². The Morgan fingerprint density at radius 3 is 2.64 bits per heavy atom. The van der Waals surface area contributed by atoms with Gasteiger partial charge >= 0.3 is 5.97 Å². The molecule has 7 heteroatoms. The number of hydrogen-bond donors (Lipinski definition) is 0. The molecular weight excluding hydrogens is 440 g/mol. The van der Waals surface area contributed by atoms with E-state index in [0.29, 0.717) is 35.0 Å². The van der Waals surface area contributed by atoms with Crippen LogP contribution in [0.25, 0.3) is 11.8 Å². The first-order chi connectivity index (χ1) is 15.7. The summed E-state index contributed by atoms with van der Waals surface area (Å²) in [5.74, 6) is -0.715. The van der Waals surface area contributed by atoms with Gasteiger partial charge in [-0.25, -0.2) is 4.79 Å². The Morgan fingerprint density at radius 1 is 1.24 bits per heavy atom. The van der Waals surface area contributed by atoms with E-state index in [2.05, 4.69) is 4.57 Å². The Morgan fingerprint density at radius 2 is 2.00 bits per heavy atom. The molecular formula is C26H29ClN2O4. The number of carbonyl (C=O) groups excluding carboxylic acids is 2. The van der Waals surface area contributed by atoms with Crippen molar-refractivity contribution >= 4 is 29.6 Å². The summed E-state index contributed by atoms with van der Waals surface area (Å²) < 4.78 is 12.8. The summed E-state index contributed by atoms with van der Waals surface area (Å²) in [4.78, 5) is 27.7. The van der Waals surface area contributed by atoms with Crippen LogP contribution in [0.15, 0.2) is 41.1 Å². The van der Waals surface area contributed by atoms with Crippen LogP contribution in [-0.2, 0) is 19.1 Å². The molecule has 0 radical (unpaired) electrons. The molecule has 33 heavy (non-hydrogen) atoms. The molecule has 0 saturated carbocycles. The van der Waals surface area contributed by atoms with Crippen LogP contribution in [-0.4, -0.2) is 47.7 Å². The van der Waals surface area contributed by atoms with Crippen molar-refractivity contribution in [1.29, 1.82) is 0 Å². The van der Waals surface area contributed by atoms with Gasteiger partial charge in [-0.3, -0.25) is 4.79 Å². The van der Waals surface area contributed by atoms with E-state index in [0.717, 1.165) is 41.0 Å². The van der Waals surface area contributed by atoms with Crippen molar-refractivity contribution in [2.45, 2.75) is 46.6 Å². The fraction of sp³-hybridized carbons (Fsp3) is 0.385. The molecule has 2 aliphatic heterocycles. The zero-order valence-electron chi connectivity index (χ0n) is 19.7. The normalized spacial score (nSPS) is 19.8. The summed E-state index contributed by atoms with van der Waals surface area (Å²) in [7, 11) is 1.33. The highest BCUT2D eigenvalue weighted by Crippen LogP contribution is 2.34. The minimum Gasteiger partial charge on any atom is -0.465 e. The average Bonchev–Trinajstić information content (AvgIpc) is 3.45. The third-order valence-corrected chi connectivity index (χ3v) is 6.90. The molecule has 6 nitrogen and oxygen atoms in total. The quantitative estimate of drug-likeness (QED) is 0.462. The van der Waals surface area contributed by atoms with E-state index in [1.165, 1.54) is 7.11 Å². The number of nitrogens with zero attached hydrogens (tertiary/aromatic N) is 2. The third-order valence-electron chi connectivity index (χ3n) is 6.50. The van der Waals surface area contributed by atoms with Gasteiger partial charge in [-0.15, -0.1) is 0 Å². The molecule has 2 aromatic rings. The van der Waals surface area contributed by atoms with Crippen LogP contribution >= 0.6 is 11.6 Å². The van der Waals surface area contributed by atoms with Gasteiger partial charge < -0.3 is 18.9 Å². The van der Waals surface area contributed by atoms with Gasteiger partial charge in [0.15, 0.2) is 0 Å². The van der Waals surface area contributed by atoms with Gasteiger partial charge in [0.05, 0.1) is 30.9 Å². The number of esters is 1. The molecule has 1 aromatic carbocycles. The maximum absolute atomic E-state index is 13.4. The van der Waals surface area contributed by atoms with E-state index < -0.39 is 5.97 Å². The number of hydrogen-bond acceptors (Lipinski definition) is 4. The van der Waals surface area contributed by atoms with Gasteiger partial charge in [-0.2, -0.15) is 0 Å². The van der Waals surface area contributed by atoms with E-state index in [1.54, 1.807) is 17.9 Å². The zero-order chi connectivity index (χ0) is 23.9. The predicted molar refractivity (Wildman–Crippen MR) is 128 cm³/mol. The second-order valence-corrected chi connectivity index (χ2v) is 9.06. The number of aromatic nitrogens is 1. The van der Waals surface area contributed by atoms with Crippen LogP contribution in [0.2, 0.25) is 5.02 Å². The van der Waals surface area contributed by atoms with Crippen molar-refractivity contribution in [3.63, 3.8) is 0 Å². The molecule has 1 amide bonds. The van der Waals surface area contributed by atoms with Gasteiger partial charge in [-0.1, -0.05) is 17.7 Å². The molecule has 174 valence electrons. The van der Waals surface area contributed by atoms with Crippen molar-refractivity contribution in [3.8, 4) is 5.69 Å². The summed E-state index contributed by atoms with van der Waals surface area (Å²) in [6.07, 6.45) is 3.67. The number of benzene rings is 1. The highest BCUT2D eigenvalue weighted by atomic mass is 35.5. The lowest BCUT2D eigenvalue weighted by atomic mass is 10.0. The fourth-order valence-electron chi connectivity index (χ4n) is 4.65. The average molecular weight is 469 g/mol. The smallest absolute Gasteiger partial charge is 0.340 e. The number of ether oxygens (including phenoxy) is 2. The number of halogens is 1. The standard InChI is InChI=1S/C26H29ClN2O4/c1-15-8-9-20(13-23(15)27)29-16(2)11-19(17(29)3)12-22-24(26(31)32-5)18(4)28(25(22)30)14-21-7-6-10-33-21/h8-9,11-13,21H,6-7,10,14H2,1-5H3/b22-12-. The fourth-order valence-corrected chi connectivity index (χ4v) is 4.82. The van der Waals surface area contributed by atoms with Crippen LogP contribution in [0.1, 0.15) is 42.3 Å². The molecule has 0 N–H and O–H groups in total. The van der Waals surface area contributed by atoms with Crippen molar-refractivity contribution in [3.05, 3.63) is 68.6 Å². The van der Waals surface area contributed by atoms with E-state index in [4.69, 9.17) is 21.1 Å². The molecule has 1 fully saturated rings.